The molecule has 0 saturated carbocycles. The van der Waals surface area contributed by atoms with Gasteiger partial charge in [-0.1, -0.05) is 0 Å². The van der Waals surface area contributed by atoms with Crippen molar-refractivity contribution in [3.63, 3.8) is 0 Å². The van der Waals surface area contributed by atoms with Gasteiger partial charge in [-0.25, -0.2) is 9.97 Å². The van der Waals surface area contributed by atoms with Crippen LogP contribution in [-0.4, -0.2) is 20.3 Å². The number of nitrogens with zero attached hydrogens (tertiary/aromatic N) is 3. The van der Waals surface area contributed by atoms with Gasteiger partial charge in [0.2, 0.25) is 0 Å². The molecule has 11 heavy (non-hydrogen) atoms. The summed E-state index contributed by atoms with van der Waals surface area (Å²) in [4.78, 5) is 15.7. The Hall–Kier alpha value is -0.980. The van der Waals surface area contributed by atoms with Crippen molar-refractivity contribution < 1.29 is 32.7 Å². The minimum absolute atomic E-state index is 0. The zero-order valence-corrected chi connectivity index (χ0v) is 6.70. The molecular formula is C4H5AgN3O3. The number of hydrogen-bond acceptors (Lipinski definition) is 4. The predicted molar refractivity (Wildman–Crippen MR) is 30.8 cm³/mol. The number of hydrogen-bond donors (Lipinski definition) is 1. The summed E-state index contributed by atoms with van der Waals surface area (Å²) in [5, 5.41) is 13.6. The van der Waals surface area contributed by atoms with Crippen LogP contribution in [0.15, 0.2) is 24.8 Å². The molecule has 0 bridgehead atoms. The van der Waals surface area contributed by atoms with Gasteiger partial charge in [0.05, 0.1) is 0 Å². The van der Waals surface area contributed by atoms with Crippen LogP contribution in [0, 0.1) is 10.1 Å². The van der Waals surface area contributed by atoms with Gasteiger partial charge in [0.25, 0.3) is 5.09 Å². The van der Waals surface area contributed by atoms with E-state index in [1.807, 2.05) is 0 Å². The number of rotatable bonds is 0. The van der Waals surface area contributed by atoms with Gasteiger partial charge >= 0.3 is 0 Å². The van der Waals surface area contributed by atoms with E-state index in [4.69, 9.17) is 15.3 Å². The topological polar surface area (TPSA) is 89.2 Å². The van der Waals surface area contributed by atoms with Gasteiger partial charge < -0.3 is 5.21 Å². The van der Waals surface area contributed by atoms with Crippen molar-refractivity contribution in [1.82, 2.24) is 9.97 Å². The van der Waals surface area contributed by atoms with Crippen LogP contribution in [-0.2, 0) is 22.4 Å². The normalized spacial score (nSPS) is 6.55. The van der Waals surface area contributed by atoms with Crippen LogP contribution in [0.25, 0.3) is 0 Å². The third-order valence-electron chi connectivity index (χ3n) is 0.478. The molecule has 0 atom stereocenters. The summed E-state index contributed by atoms with van der Waals surface area (Å²) in [5.74, 6) is 0. The fourth-order valence-corrected chi connectivity index (χ4v) is 0.253. The maximum atomic E-state index is 8.36. The van der Waals surface area contributed by atoms with E-state index < -0.39 is 5.09 Å². The van der Waals surface area contributed by atoms with Crippen molar-refractivity contribution in [3.8, 4) is 0 Å². The number of aromatic nitrogens is 2. The Morgan fingerprint density at radius 3 is 1.82 bits per heavy atom. The van der Waals surface area contributed by atoms with E-state index in [1.165, 1.54) is 6.33 Å². The minimum Gasteiger partial charge on any atom is -0.328 e. The van der Waals surface area contributed by atoms with Gasteiger partial charge in [0.15, 0.2) is 0 Å². The van der Waals surface area contributed by atoms with Crippen molar-refractivity contribution in [2.75, 3.05) is 0 Å². The van der Waals surface area contributed by atoms with Crippen molar-refractivity contribution in [2.24, 2.45) is 0 Å². The van der Waals surface area contributed by atoms with Gasteiger partial charge in [0.1, 0.15) is 6.33 Å². The summed E-state index contributed by atoms with van der Waals surface area (Å²) in [7, 11) is 0. The average molecular weight is 251 g/mol. The third kappa shape index (κ3) is 17.6. The predicted octanol–water partition coefficient (Wildman–Crippen LogP) is 0.126. The summed E-state index contributed by atoms with van der Waals surface area (Å²) >= 11 is 0. The van der Waals surface area contributed by atoms with E-state index in [-0.39, 0.29) is 22.4 Å². The van der Waals surface area contributed by atoms with Crippen LogP contribution < -0.4 is 0 Å². The second-order valence-corrected chi connectivity index (χ2v) is 1.14. The first-order valence-corrected chi connectivity index (χ1v) is 2.26. The van der Waals surface area contributed by atoms with E-state index in [1.54, 1.807) is 18.5 Å². The van der Waals surface area contributed by atoms with Crippen LogP contribution in [0.1, 0.15) is 0 Å². The molecule has 0 aliphatic rings. The summed E-state index contributed by atoms with van der Waals surface area (Å²) in [6, 6.07) is 1.78. The molecule has 0 amide bonds. The van der Waals surface area contributed by atoms with Crippen LogP contribution >= 0.6 is 0 Å². The van der Waals surface area contributed by atoms with Crippen LogP contribution in [0.5, 0.6) is 0 Å². The zero-order chi connectivity index (χ0) is 7.82. The molecule has 1 radical (unpaired) electrons. The summed E-state index contributed by atoms with van der Waals surface area (Å²) in [6.07, 6.45) is 4.88. The maximum Gasteiger partial charge on any atom is 0.291 e. The standard InChI is InChI=1S/C4H4N2.Ag.HNO3/c1-2-5-4-6-3-1;;2-1(3)4/h1-4H;;(H,2,3,4). The molecule has 1 aromatic rings. The van der Waals surface area contributed by atoms with Gasteiger partial charge in [-0.2, -0.15) is 0 Å². The van der Waals surface area contributed by atoms with E-state index in [0.29, 0.717) is 0 Å². The second-order valence-electron chi connectivity index (χ2n) is 1.14. The van der Waals surface area contributed by atoms with E-state index >= 15 is 0 Å². The summed E-state index contributed by atoms with van der Waals surface area (Å²) in [5.41, 5.74) is 0. The molecule has 65 valence electrons. The van der Waals surface area contributed by atoms with Crippen molar-refractivity contribution in [2.45, 2.75) is 0 Å². The first-order chi connectivity index (χ1) is 4.73. The largest absolute Gasteiger partial charge is 0.328 e. The fraction of sp³-hybridized carbons (Fsp3) is 0. The Morgan fingerprint density at radius 1 is 1.36 bits per heavy atom. The van der Waals surface area contributed by atoms with Crippen LogP contribution in [0.2, 0.25) is 0 Å². The molecule has 0 aliphatic heterocycles. The third-order valence-corrected chi connectivity index (χ3v) is 0.478. The Balaban J connectivity index is 0. The fourth-order valence-electron chi connectivity index (χ4n) is 0.253. The summed E-state index contributed by atoms with van der Waals surface area (Å²) < 4.78 is 0. The smallest absolute Gasteiger partial charge is 0.291 e. The average Bonchev–Trinajstić information content (AvgIpc) is 1.90. The molecule has 6 nitrogen and oxygen atoms in total. The Labute approximate surface area is 77.9 Å². The van der Waals surface area contributed by atoms with Gasteiger partial charge in [-0.15, -0.1) is 10.1 Å². The molecule has 0 spiro atoms. The molecule has 0 saturated heterocycles. The quantitative estimate of drug-likeness (QED) is 0.402. The molecule has 0 fully saturated rings. The Morgan fingerprint density at radius 2 is 1.73 bits per heavy atom. The summed E-state index contributed by atoms with van der Waals surface area (Å²) in [6.45, 7) is 0. The van der Waals surface area contributed by atoms with E-state index in [2.05, 4.69) is 9.97 Å². The molecule has 1 aromatic heterocycles. The zero-order valence-electron chi connectivity index (χ0n) is 5.22. The monoisotopic (exact) mass is 250 g/mol. The van der Waals surface area contributed by atoms with E-state index in [0.717, 1.165) is 0 Å². The first-order valence-electron chi connectivity index (χ1n) is 2.26. The van der Waals surface area contributed by atoms with Crippen LogP contribution in [0.3, 0.4) is 0 Å². The molecule has 0 aliphatic carbocycles. The SMILES string of the molecule is O=[N+]([O-])O.[Ag].c1cncnc1. The first kappa shape index (κ1) is 12.7. The maximum absolute atomic E-state index is 8.36. The van der Waals surface area contributed by atoms with Crippen molar-refractivity contribution in [1.29, 1.82) is 0 Å². The minimum atomic E-state index is -1.50. The van der Waals surface area contributed by atoms with Gasteiger partial charge in [-0.3, -0.25) is 0 Å². The molecule has 7 heteroatoms. The molecule has 1 N–H and O–H groups in total. The van der Waals surface area contributed by atoms with Crippen molar-refractivity contribution in [3.05, 3.63) is 34.9 Å². The molecule has 1 rings (SSSR count). The van der Waals surface area contributed by atoms with E-state index in [9.17, 15) is 0 Å². The molecule has 1 heterocycles. The molecule has 0 aromatic carbocycles. The van der Waals surface area contributed by atoms with Crippen LogP contribution in [0.4, 0.5) is 0 Å². The second kappa shape index (κ2) is 9.02. The van der Waals surface area contributed by atoms with Gasteiger partial charge in [0, 0.05) is 34.8 Å². The van der Waals surface area contributed by atoms with Crippen molar-refractivity contribution >= 4 is 0 Å². The Kier molecular flexibility index (Phi) is 10.4. The Bertz CT molecular complexity index is 152. The van der Waals surface area contributed by atoms with Gasteiger partial charge in [-0.05, 0) is 6.07 Å². The molecular weight excluding hydrogens is 246 g/mol. The molecule has 0 unspecified atom stereocenters.